The normalized spacial score (nSPS) is 10.9. The van der Waals surface area contributed by atoms with Crippen molar-refractivity contribution < 1.29 is 9.53 Å². The van der Waals surface area contributed by atoms with Gasteiger partial charge in [0.25, 0.3) is 0 Å². The number of anilines is 1. The Balaban J connectivity index is 2.47. The molecule has 0 atom stereocenters. The molecule has 1 aromatic rings. The molecule has 0 aliphatic carbocycles. The summed E-state index contributed by atoms with van der Waals surface area (Å²) in [6.07, 6.45) is 0.205. The first kappa shape index (κ1) is 11.2. The fourth-order valence-corrected chi connectivity index (χ4v) is 0.993. The summed E-state index contributed by atoms with van der Waals surface area (Å²) in [6.45, 7) is 1.77. The molecule has 80 valence electrons. The molecule has 0 saturated heterocycles. The third kappa shape index (κ3) is 4.26. The molecule has 0 unspecified atom stereocenters. The van der Waals surface area contributed by atoms with Crippen molar-refractivity contribution >= 4 is 17.4 Å². The summed E-state index contributed by atoms with van der Waals surface area (Å²) in [5.74, 6) is -0.286. The van der Waals surface area contributed by atoms with Gasteiger partial charge in [0.1, 0.15) is 0 Å². The van der Waals surface area contributed by atoms with E-state index in [1.807, 2.05) is 30.3 Å². The molecule has 0 radical (unpaired) electrons. The number of carbonyl (C=O) groups excluding carboxylic acids is 1. The van der Waals surface area contributed by atoms with Gasteiger partial charge in [-0.05, 0) is 19.1 Å². The van der Waals surface area contributed by atoms with E-state index in [2.05, 4.69) is 15.3 Å². The Bertz CT molecular complexity index is 347. The lowest BCUT2D eigenvalue weighted by Gasteiger charge is -2.02. The van der Waals surface area contributed by atoms with Gasteiger partial charge in [0, 0.05) is 5.71 Å². The van der Waals surface area contributed by atoms with E-state index in [-0.39, 0.29) is 12.4 Å². The number of nitrogens with zero attached hydrogens (tertiary/aromatic N) is 1. The molecule has 0 aliphatic rings. The average molecular weight is 206 g/mol. The maximum absolute atomic E-state index is 10.9. The summed E-state index contributed by atoms with van der Waals surface area (Å²) in [5, 5.41) is 4.05. The Morgan fingerprint density at radius 3 is 2.67 bits per heavy atom. The fourth-order valence-electron chi connectivity index (χ4n) is 0.993. The topological polar surface area (TPSA) is 50.7 Å². The van der Waals surface area contributed by atoms with Crippen LogP contribution in [0.3, 0.4) is 0 Å². The second-order valence-corrected chi connectivity index (χ2v) is 3.08. The Hall–Kier alpha value is -1.84. The molecule has 0 aliphatic heterocycles. The van der Waals surface area contributed by atoms with Crippen molar-refractivity contribution in [1.82, 2.24) is 0 Å². The molecular weight excluding hydrogens is 192 g/mol. The average Bonchev–Trinajstić information content (AvgIpc) is 2.27. The summed E-state index contributed by atoms with van der Waals surface area (Å²) in [7, 11) is 1.36. The van der Waals surface area contributed by atoms with E-state index < -0.39 is 0 Å². The van der Waals surface area contributed by atoms with Gasteiger partial charge in [-0.25, -0.2) is 0 Å². The summed E-state index contributed by atoms with van der Waals surface area (Å²) in [6, 6.07) is 9.54. The molecule has 0 fully saturated rings. The van der Waals surface area contributed by atoms with E-state index in [1.165, 1.54) is 7.11 Å². The smallest absolute Gasteiger partial charge is 0.311 e. The first-order valence-corrected chi connectivity index (χ1v) is 4.63. The molecule has 1 rings (SSSR count). The van der Waals surface area contributed by atoms with Crippen molar-refractivity contribution in [3.8, 4) is 0 Å². The molecule has 4 nitrogen and oxygen atoms in total. The van der Waals surface area contributed by atoms with Crippen molar-refractivity contribution in [2.24, 2.45) is 5.10 Å². The van der Waals surface area contributed by atoms with Gasteiger partial charge in [0.05, 0.1) is 19.2 Å². The second kappa shape index (κ2) is 5.80. The zero-order chi connectivity index (χ0) is 11.1. The van der Waals surface area contributed by atoms with E-state index in [9.17, 15) is 4.79 Å². The van der Waals surface area contributed by atoms with Gasteiger partial charge in [-0.2, -0.15) is 5.10 Å². The molecule has 0 bridgehead atoms. The van der Waals surface area contributed by atoms with E-state index >= 15 is 0 Å². The summed E-state index contributed by atoms with van der Waals surface area (Å²) < 4.78 is 4.53. The maximum Gasteiger partial charge on any atom is 0.311 e. The van der Waals surface area contributed by atoms with Crippen molar-refractivity contribution in [3.05, 3.63) is 30.3 Å². The third-order valence-electron chi connectivity index (χ3n) is 1.78. The standard InChI is InChI=1S/C11H14N2O2/c1-9(8-11(14)15-2)12-13-10-6-4-3-5-7-10/h3-7,13H,8H2,1-2H3/b12-9-. The zero-order valence-corrected chi connectivity index (χ0v) is 8.86. The number of rotatable bonds is 4. The van der Waals surface area contributed by atoms with Crippen molar-refractivity contribution in [1.29, 1.82) is 0 Å². The molecule has 0 heterocycles. The number of esters is 1. The monoisotopic (exact) mass is 206 g/mol. The minimum Gasteiger partial charge on any atom is -0.469 e. The molecule has 1 aromatic carbocycles. The van der Waals surface area contributed by atoms with Gasteiger partial charge in [0.15, 0.2) is 0 Å². The maximum atomic E-state index is 10.9. The first-order chi connectivity index (χ1) is 7.22. The number of methoxy groups -OCH3 is 1. The fraction of sp³-hybridized carbons (Fsp3) is 0.273. The number of benzene rings is 1. The zero-order valence-electron chi connectivity index (χ0n) is 8.86. The van der Waals surface area contributed by atoms with E-state index in [1.54, 1.807) is 6.92 Å². The highest BCUT2D eigenvalue weighted by Crippen LogP contribution is 2.04. The molecule has 4 heteroatoms. The van der Waals surface area contributed by atoms with Gasteiger partial charge in [-0.15, -0.1) is 0 Å². The molecular formula is C11H14N2O2. The van der Waals surface area contributed by atoms with Crippen LogP contribution in [0.25, 0.3) is 0 Å². The van der Waals surface area contributed by atoms with Crippen LogP contribution >= 0.6 is 0 Å². The first-order valence-electron chi connectivity index (χ1n) is 4.63. The number of ether oxygens (including phenoxy) is 1. The quantitative estimate of drug-likeness (QED) is 0.466. The van der Waals surface area contributed by atoms with Crippen LogP contribution in [0.1, 0.15) is 13.3 Å². The predicted molar refractivity (Wildman–Crippen MR) is 59.8 cm³/mol. The predicted octanol–water partition coefficient (Wildman–Crippen LogP) is 2.04. The number of hydrazone groups is 1. The van der Waals surface area contributed by atoms with Crippen LogP contribution < -0.4 is 5.43 Å². The van der Waals surface area contributed by atoms with Crippen LogP contribution in [0.4, 0.5) is 5.69 Å². The van der Waals surface area contributed by atoms with Gasteiger partial charge in [-0.1, -0.05) is 18.2 Å². The number of nitrogens with one attached hydrogen (secondary N) is 1. The Kier molecular flexibility index (Phi) is 4.34. The van der Waals surface area contributed by atoms with E-state index in [0.29, 0.717) is 5.71 Å². The van der Waals surface area contributed by atoms with Crippen molar-refractivity contribution in [2.75, 3.05) is 12.5 Å². The van der Waals surface area contributed by atoms with E-state index in [0.717, 1.165) is 5.69 Å². The molecule has 0 spiro atoms. The van der Waals surface area contributed by atoms with Crippen LogP contribution in [0.5, 0.6) is 0 Å². The lowest BCUT2D eigenvalue weighted by Crippen LogP contribution is -2.07. The van der Waals surface area contributed by atoms with Crippen LogP contribution in [-0.2, 0) is 9.53 Å². The lowest BCUT2D eigenvalue weighted by atomic mass is 10.3. The molecule has 1 N–H and O–H groups in total. The Labute approximate surface area is 88.9 Å². The van der Waals surface area contributed by atoms with Gasteiger partial charge >= 0.3 is 5.97 Å². The molecule has 0 amide bonds. The van der Waals surface area contributed by atoms with Gasteiger partial charge < -0.3 is 4.74 Å². The Morgan fingerprint density at radius 1 is 1.40 bits per heavy atom. The second-order valence-electron chi connectivity index (χ2n) is 3.08. The number of carbonyl (C=O) groups is 1. The van der Waals surface area contributed by atoms with Crippen LogP contribution in [0.2, 0.25) is 0 Å². The summed E-state index contributed by atoms with van der Waals surface area (Å²) in [5.41, 5.74) is 4.43. The number of hydrogen-bond donors (Lipinski definition) is 1. The number of para-hydroxylation sites is 1. The lowest BCUT2D eigenvalue weighted by molar-refractivity contribution is -0.139. The van der Waals surface area contributed by atoms with Gasteiger partial charge in [0.2, 0.25) is 0 Å². The molecule has 0 aromatic heterocycles. The highest BCUT2D eigenvalue weighted by Gasteiger charge is 2.01. The number of hydrogen-bond acceptors (Lipinski definition) is 4. The minimum absolute atomic E-state index is 0.205. The highest BCUT2D eigenvalue weighted by molar-refractivity contribution is 5.97. The van der Waals surface area contributed by atoms with Crippen LogP contribution in [0.15, 0.2) is 35.4 Å². The largest absolute Gasteiger partial charge is 0.469 e. The third-order valence-corrected chi connectivity index (χ3v) is 1.78. The summed E-state index contributed by atoms with van der Waals surface area (Å²) >= 11 is 0. The molecule has 15 heavy (non-hydrogen) atoms. The highest BCUT2D eigenvalue weighted by atomic mass is 16.5. The SMILES string of the molecule is COC(=O)C/C(C)=N\Nc1ccccc1. The summed E-state index contributed by atoms with van der Waals surface area (Å²) in [4.78, 5) is 10.9. The van der Waals surface area contributed by atoms with E-state index in [4.69, 9.17) is 0 Å². The van der Waals surface area contributed by atoms with Crippen LogP contribution in [-0.4, -0.2) is 18.8 Å². The minimum atomic E-state index is -0.286. The van der Waals surface area contributed by atoms with Crippen molar-refractivity contribution in [2.45, 2.75) is 13.3 Å². The molecule has 0 saturated carbocycles. The van der Waals surface area contributed by atoms with Crippen molar-refractivity contribution in [3.63, 3.8) is 0 Å². The Morgan fingerprint density at radius 2 is 2.07 bits per heavy atom. The van der Waals surface area contributed by atoms with Crippen LogP contribution in [0, 0.1) is 0 Å². The van der Waals surface area contributed by atoms with Gasteiger partial charge in [-0.3, -0.25) is 10.2 Å².